The van der Waals surface area contributed by atoms with E-state index in [1.165, 1.54) is 24.1 Å². The SMILES string of the molecule is C[C@H]1CCN1c1nc2c(c(-c3cnc(CN)s3)n1)CCC2. The lowest BCUT2D eigenvalue weighted by atomic mass is 10.1. The summed E-state index contributed by atoms with van der Waals surface area (Å²) in [4.78, 5) is 17.5. The van der Waals surface area contributed by atoms with Crippen LogP contribution in [0.3, 0.4) is 0 Å². The van der Waals surface area contributed by atoms with Crippen LogP contribution in [0.4, 0.5) is 5.95 Å². The van der Waals surface area contributed by atoms with Crippen molar-refractivity contribution < 1.29 is 0 Å². The van der Waals surface area contributed by atoms with E-state index in [4.69, 9.17) is 15.7 Å². The molecule has 1 aliphatic carbocycles. The highest BCUT2D eigenvalue weighted by molar-refractivity contribution is 7.15. The van der Waals surface area contributed by atoms with Gasteiger partial charge in [-0.2, -0.15) is 0 Å². The summed E-state index contributed by atoms with van der Waals surface area (Å²) < 4.78 is 0. The minimum atomic E-state index is 0.494. The highest BCUT2D eigenvalue weighted by Gasteiger charge is 2.29. The van der Waals surface area contributed by atoms with Crippen LogP contribution in [0, 0.1) is 0 Å². The summed E-state index contributed by atoms with van der Waals surface area (Å²) in [6, 6.07) is 0.554. The second-order valence-corrected chi connectivity index (χ2v) is 6.92. The minimum absolute atomic E-state index is 0.494. The Kier molecular flexibility index (Phi) is 3.15. The van der Waals surface area contributed by atoms with E-state index < -0.39 is 0 Å². The van der Waals surface area contributed by atoms with Crippen molar-refractivity contribution in [3.63, 3.8) is 0 Å². The normalized spacial score (nSPS) is 20.5. The standard InChI is InChI=1S/C15H19N5S/c1-9-5-6-20(9)15-18-11-4-2-3-10(11)14(19-15)12-8-17-13(7-16)21-12/h8-9H,2-7,16H2,1H3/t9-/m0/s1. The number of aryl methyl sites for hydroxylation is 1. The molecule has 2 aliphatic rings. The van der Waals surface area contributed by atoms with Crippen molar-refractivity contribution in [3.05, 3.63) is 22.5 Å². The second-order valence-electron chi connectivity index (χ2n) is 5.80. The van der Waals surface area contributed by atoms with Crippen LogP contribution < -0.4 is 10.6 Å². The van der Waals surface area contributed by atoms with Crippen LogP contribution in [-0.2, 0) is 19.4 Å². The Morgan fingerprint density at radius 3 is 2.95 bits per heavy atom. The third kappa shape index (κ3) is 2.13. The van der Waals surface area contributed by atoms with E-state index >= 15 is 0 Å². The van der Waals surface area contributed by atoms with E-state index in [1.54, 1.807) is 11.3 Å². The van der Waals surface area contributed by atoms with Crippen LogP contribution in [-0.4, -0.2) is 27.5 Å². The number of nitrogens with two attached hydrogens (primary N) is 1. The molecule has 0 saturated carbocycles. The first-order valence-corrected chi connectivity index (χ1v) is 8.39. The maximum Gasteiger partial charge on any atom is 0.226 e. The summed E-state index contributed by atoms with van der Waals surface area (Å²) in [5.74, 6) is 0.895. The van der Waals surface area contributed by atoms with Crippen molar-refractivity contribution in [3.8, 4) is 10.6 Å². The predicted molar refractivity (Wildman–Crippen MR) is 84.5 cm³/mol. The average Bonchev–Trinajstić information content (AvgIpc) is 3.13. The molecule has 0 spiro atoms. The maximum atomic E-state index is 5.69. The fraction of sp³-hybridized carbons (Fsp3) is 0.533. The number of rotatable bonds is 3. The maximum absolute atomic E-state index is 5.69. The van der Waals surface area contributed by atoms with E-state index in [9.17, 15) is 0 Å². The number of hydrogen-bond donors (Lipinski definition) is 1. The lowest BCUT2D eigenvalue weighted by molar-refractivity contribution is 0.470. The Hall–Kier alpha value is -1.53. The van der Waals surface area contributed by atoms with Gasteiger partial charge in [-0.3, -0.25) is 0 Å². The Morgan fingerprint density at radius 2 is 2.29 bits per heavy atom. The van der Waals surface area contributed by atoms with E-state index in [2.05, 4.69) is 16.8 Å². The molecule has 5 nitrogen and oxygen atoms in total. The number of aromatic nitrogens is 3. The largest absolute Gasteiger partial charge is 0.338 e. The Morgan fingerprint density at radius 1 is 1.38 bits per heavy atom. The lowest BCUT2D eigenvalue weighted by Gasteiger charge is -2.39. The van der Waals surface area contributed by atoms with Crippen molar-refractivity contribution in [2.45, 2.75) is 45.2 Å². The molecule has 0 radical (unpaired) electrons. The zero-order valence-corrected chi connectivity index (χ0v) is 13.0. The Bertz CT molecular complexity index is 681. The molecule has 0 amide bonds. The molecule has 21 heavy (non-hydrogen) atoms. The van der Waals surface area contributed by atoms with Crippen LogP contribution in [0.15, 0.2) is 6.20 Å². The van der Waals surface area contributed by atoms with Crippen LogP contribution in [0.1, 0.15) is 36.0 Å². The van der Waals surface area contributed by atoms with E-state index in [0.717, 1.165) is 40.9 Å². The van der Waals surface area contributed by atoms with E-state index in [-0.39, 0.29) is 0 Å². The van der Waals surface area contributed by atoms with Gasteiger partial charge in [-0.05, 0) is 32.6 Å². The average molecular weight is 301 g/mol. The molecule has 0 aromatic carbocycles. The topological polar surface area (TPSA) is 67.9 Å². The zero-order valence-electron chi connectivity index (χ0n) is 12.2. The molecular formula is C15H19N5S. The molecule has 110 valence electrons. The predicted octanol–water partition coefficient (Wildman–Crippen LogP) is 2.15. The van der Waals surface area contributed by atoms with Crippen molar-refractivity contribution in [2.75, 3.05) is 11.4 Å². The summed E-state index contributed by atoms with van der Waals surface area (Å²) in [5, 5.41) is 0.967. The van der Waals surface area contributed by atoms with Gasteiger partial charge in [-0.25, -0.2) is 15.0 Å². The van der Waals surface area contributed by atoms with Gasteiger partial charge in [0.15, 0.2) is 0 Å². The quantitative estimate of drug-likeness (QED) is 0.941. The monoisotopic (exact) mass is 301 g/mol. The number of nitrogens with zero attached hydrogens (tertiary/aromatic N) is 4. The number of hydrogen-bond acceptors (Lipinski definition) is 6. The fourth-order valence-corrected chi connectivity index (χ4v) is 3.89. The van der Waals surface area contributed by atoms with Gasteiger partial charge < -0.3 is 10.6 Å². The van der Waals surface area contributed by atoms with Gasteiger partial charge in [0.2, 0.25) is 5.95 Å². The van der Waals surface area contributed by atoms with Gasteiger partial charge in [0.05, 0.1) is 10.6 Å². The van der Waals surface area contributed by atoms with E-state index in [0.29, 0.717) is 12.6 Å². The Labute approximate surface area is 128 Å². The highest BCUT2D eigenvalue weighted by Crippen LogP contribution is 2.35. The molecule has 1 saturated heterocycles. The van der Waals surface area contributed by atoms with Crippen molar-refractivity contribution >= 4 is 17.3 Å². The number of thiazole rings is 1. The smallest absolute Gasteiger partial charge is 0.226 e. The van der Waals surface area contributed by atoms with Gasteiger partial charge >= 0.3 is 0 Å². The molecular weight excluding hydrogens is 282 g/mol. The van der Waals surface area contributed by atoms with Gasteiger partial charge in [0.25, 0.3) is 0 Å². The molecule has 1 atom stereocenters. The molecule has 0 unspecified atom stereocenters. The molecule has 2 aromatic rings. The summed E-state index contributed by atoms with van der Waals surface area (Å²) in [7, 11) is 0. The first-order chi connectivity index (χ1) is 10.3. The highest BCUT2D eigenvalue weighted by atomic mass is 32.1. The van der Waals surface area contributed by atoms with Crippen LogP contribution in [0.5, 0.6) is 0 Å². The van der Waals surface area contributed by atoms with Crippen LogP contribution in [0.2, 0.25) is 0 Å². The van der Waals surface area contributed by atoms with E-state index in [1.807, 2.05) is 6.20 Å². The Balaban J connectivity index is 1.81. The first kappa shape index (κ1) is 13.2. The van der Waals surface area contributed by atoms with Crippen LogP contribution >= 0.6 is 11.3 Å². The third-order valence-electron chi connectivity index (χ3n) is 4.46. The molecule has 1 aliphatic heterocycles. The third-order valence-corrected chi connectivity index (χ3v) is 5.49. The van der Waals surface area contributed by atoms with Gasteiger partial charge in [-0.15, -0.1) is 11.3 Å². The summed E-state index contributed by atoms with van der Waals surface area (Å²) in [6.45, 7) is 3.79. The minimum Gasteiger partial charge on any atom is -0.338 e. The number of fused-ring (bicyclic) bond motifs is 1. The fourth-order valence-electron chi connectivity index (χ4n) is 3.08. The molecule has 6 heteroatoms. The molecule has 0 bridgehead atoms. The summed E-state index contributed by atoms with van der Waals surface area (Å²) >= 11 is 1.65. The van der Waals surface area contributed by atoms with Gasteiger partial charge in [0.1, 0.15) is 5.01 Å². The second kappa shape index (κ2) is 5.03. The van der Waals surface area contributed by atoms with Crippen LogP contribution in [0.25, 0.3) is 10.6 Å². The lowest BCUT2D eigenvalue weighted by Crippen LogP contribution is -2.46. The molecule has 2 aromatic heterocycles. The molecule has 2 N–H and O–H groups in total. The van der Waals surface area contributed by atoms with Crippen molar-refractivity contribution in [1.82, 2.24) is 15.0 Å². The summed E-state index contributed by atoms with van der Waals surface area (Å²) in [6.07, 6.45) is 6.47. The number of anilines is 1. The molecule has 3 heterocycles. The zero-order chi connectivity index (χ0) is 14.4. The summed E-state index contributed by atoms with van der Waals surface area (Å²) in [5.41, 5.74) is 9.33. The molecule has 1 fully saturated rings. The van der Waals surface area contributed by atoms with Crippen molar-refractivity contribution in [1.29, 1.82) is 0 Å². The van der Waals surface area contributed by atoms with Crippen molar-refractivity contribution in [2.24, 2.45) is 5.73 Å². The first-order valence-electron chi connectivity index (χ1n) is 7.58. The van der Waals surface area contributed by atoms with Gasteiger partial charge in [-0.1, -0.05) is 0 Å². The van der Waals surface area contributed by atoms with Gasteiger partial charge in [0, 0.05) is 36.6 Å². The molecule has 4 rings (SSSR count).